The summed E-state index contributed by atoms with van der Waals surface area (Å²) in [5.41, 5.74) is 1.53. The maximum absolute atomic E-state index is 12.1. The van der Waals surface area contributed by atoms with Gasteiger partial charge in [0.25, 0.3) is 0 Å². The summed E-state index contributed by atoms with van der Waals surface area (Å²) in [6, 6.07) is 0.00226. The zero-order valence-electron chi connectivity index (χ0n) is 12.1. The van der Waals surface area contributed by atoms with E-state index in [-0.39, 0.29) is 11.9 Å². The highest BCUT2D eigenvalue weighted by molar-refractivity contribution is 5.81. The largest absolute Gasteiger partial charge is 0.354 e. The predicted molar refractivity (Wildman–Crippen MR) is 78.1 cm³/mol. The fourth-order valence-corrected chi connectivity index (χ4v) is 2.86. The third-order valence-corrected chi connectivity index (χ3v) is 4.21. The van der Waals surface area contributed by atoms with Gasteiger partial charge in [0, 0.05) is 32.7 Å². The third-order valence-electron chi connectivity index (χ3n) is 4.21. The molecular formula is C15H27N3O. The van der Waals surface area contributed by atoms with Crippen LogP contribution in [0.2, 0.25) is 0 Å². The Bertz CT molecular complexity index is 321. The van der Waals surface area contributed by atoms with Crippen LogP contribution in [0.25, 0.3) is 0 Å². The van der Waals surface area contributed by atoms with Crippen molar-refractivity contribution in [3.8, 4) is 0 Å². The summed E-state index contributed by atoms with van der Waals surface area (Å²) < 4.78 is 0. The molecule has 4 heteroatoms. The van der Waals surface area contributed by atoms with E-state index in [2.05, 4.69) is 21.6 Å². The molecule has 1 heterocycles. The van der Waals surface area contributed by atoms with Gasteiger partial charge in [0.15, 0.2) is 0 Å². The highest BCUT2D eigenvalue weighted by atomic mass is 16.2. The van der Waals surface area contributed by atoms with E-state index in [0.717, 1.165) is 39.1 Å². The summed E-state index contributed by atoms with van der Waals surface area (Å²) in [6.07, 6.45) is 8.48. The first-order valence-corrected chi connectivity index (χ1v) is 7.68. The number of nitrogens with one attached hydrogen (secondary N) is 2. The van der Waals surface area contributed by atoms with Crippen LogP contribution in [-0.2, 0) is 4.79 Å². The Hall–Kier alpha value is -0.870. The molecule has 1 fully saturated rings. The lowest BCUT2D eigenvalue weighted by Crippen LogP contribution is -2.52. The first-order chi connectivity index (χ1) is 9.27. The molecule has 0 aromatic heterocycles. The van der Waals surface area contributed by atoms with Gasteiger partial charge < -0.3 is 10.6 Å². The lowest BCUT2D eigenvalue weighted by Gasteiger charge is -2.31. The second-order valence-corrected chi connectivity index (χ2v) is 5.61. The molecule has 0 aromatic rings. The first-order valence-electron chi connectivity index (χ1n) is 7.68. The Balaban J connectivity index is 1.66. The van der Waals surface area contributed by atoms with Gasteiger partial charge in [-0.25, -0.2) is 0 Å². The normalized spacial score (nSPS) is 22.7. The first kappa shape index (κ1) is 14.5. The van der Waals surface area contributed by atoms with E-state index in [9.17, 15) is 4.79 Å². The van der Waals surface area contributed by atoms with Crippen LogP contribution < -0.4 is 10.6 Å². The Morgan fingerprint density at radius 1 is 1.42 bits per heavy atom. The minimum atomic E-state index is 0.00226. The summed E-state index contributed by atoms with van der Waals surface area (Å²) in [5, 5.41) is 6.40. The molecule has 0 aromatic carbocycles. The third kappa shape index (κ3) is 4.62. The molecule has 1 aliphatic carbocycles. The van der Waals surface area contributed by atoms with Crippen molar-refractivity contribution < 1.29 is 4.79 Å². The van der Waals surface area contributed by atoms with Crippen molar-refractivity contribution in [3.05, 3.63) is 11.6 Å². The molecule has 1 aliphatic heterocycles. The van der Waals surface area contributed by atoms with Crippen molar-refractivity contribution in [1.29, 1.82) is 0 Å². The van der Waals surface area contributed by atoms with E-state index in [0.29, 0.717) is 0 Å². The molecule has 0 radical (unpaired) electrons. The standard InChI is InChI=1S/C15H27N3O/c1-13(18-11-9-16-10-12-18)15(19)17-8-7-14-5-3-2-4-6-14/h5,13,16H,2-4,6-12H2,1H3,(H,17,19). The van der Waals surface area contributed by atoms with E-state index in [1.807, 2.05) is 6.92 Å². The Labute approximate surface area is 116 Å². The average molecular weight is 265 g/mol. The SMILES string of the molecule is CC(C(=O)NCCC1=CCCCC1)N1CCNCC1. The molecule has 108 valence electrons. The number of amides is 1. The predicted octanol–water partition coefficient (Wildman–Crippen LogP) is 1.29. The number of rotatable bonds is 5. The molecule has 4 nitrogen and oxygen atoms in total. The maximum atomic E-state index is 12.1. The number of hydrogen-bond acceptors (Lipinski definition) is 3. The van der Waals surface area contributed by atoms with Crippen LogP contribution in [0.4, 0.5) is 0 Å². The van der Waals surface area contributed by atoms with Gasteiger partial charge in [-0.1, -0.05) is 11.6 Å². The molecule has 1 atom stereocenters. The summed E-state index contributed by atoms with van der Waals surface area (Å²) in [7, 11) is 0. The lowest BCUT2D eigenvalue weighted by atomic mass is 9.97. The summed E-state index contributed by atoms with van der Waals surface area (Å²) in [4.78, 5) is 14.3. The van der Waals surface area contributed by atoms with Crippen LogP contribution in [-0.4, -0.2) is 49.6 Å². The fraction of sp³-hybridized carbons (Fsp3) is 0.800. The molecule has 1 saturated heterocycles. The Morgan fingerprint density at radius 3 is 2.89 bits per heavy atom. The van der Waals surface area contributed by atoms with Crippen LogP contribution in [0.5, 0.6) is 0 Å². The van der Waals surface area contributed by atoms with E-state index >= 15 is 0 Å². The molecule has 2 N–H and O–H groups in total. The van der Waals surface area contributed by atoms with Crippen LogP contribution in [0, 0.1) is 0 Å². The van der Waals surface area contributed by atoms with Gasteiger partial charge in [-0.2, -0.15) is 0 Å². The van der Waals surface area contributed by atoms with Crippen molar-refractivity contribution in [2.24, 2.45) is 0 Å². The summed E-state index contributed by atoms with van der Waals surface area (Å²) in [6.45, 7) is 6.73. The molecule has 2 rings (SSSR count). The van der Waals surface area contributed by atoms with Crippen molar-refractivity contribution >= 4 is 5.91 Å². The van der Waals surface area contributed by atoms with E-state index < -0.39 is 0 Å². The van der Waals surface area contributed by atoms with Crippen molar-refractivity contribution in [2.45, 2.75) is 45.1 Å². The Kier molecular flexibility index (Phi) is 5.86. The van der Waals surface area contributed by atoms with Gasteiger partial charge in [0.1, 0.15) is 0 Å². The minimum absolute atomic E-state index is 0.00226. The molecular weight excluding hydrogens is 238 g/mol. The van der Waals surface area contributed by atoms with Crippen LogP contribution in [0.3, 0.4) is 0 Å². The number of carbonyl (C=O) groups excluding carboxylic acids is 1. The number of allylic oxidation sites excluding steroid dienone is 1. The second-order valence-electron chi connectivity index (χ2n) is 5.61. The average Bonchev–Trinajstić information content (AvgIpc) is 2.48. The van der Waals surface area contributed by atoms with Gasteiger partial charge in [-0.3, -0.25) is 9.69 Å². The van der Waals surface area contributed by atoms with Gasteiger partial charge in [0.05, 0.1) is 6.04 Å². The molecule has 19 heavy (non-hydrogen) atoms. The lowest BCUT2D eigenvalue weighted by molar-refractivity contribution is -0.126. The highest BCUT2D eigenvalue weighted by Gasteiger charge is 2.22. The molecule has 0 spiro atoms. The summed E-state index contributed by atoms with van der Waals surface area (Å²) in [5.74, 6) is 0.179. The highest BCUT2D eigenvalue weighted by Crippen LogP contribution is 2.19. The molecule has 0 saturated carbocycles. The number of nitrogens with zero attached hydrogens (tertiary/aromatic N) is 1. The topological polar surface area (TPSA) is 44.4 Å². The van der Waals surface area contributed by atoms with Crippen molar-refractivity contribution in [1.82, 2.24) is 15.5 Å². The number of piperazine rings is 1. The molecule has 2 aliphatic rings. The summed E-state index contributed by atoms with van der Waals surface area (Å²) >= 11 is 0. The molecule has 1 unspecified atom stereocenters. The zero-order chi connectivity index (χ0) is 13.5. The maximum Gasteiger partial charge on any atom is 0.237 e. The number of hydrogen-bond donors (Lipinski definition) is 2. The van der Waals surface area contributed by atoms with Gasteiger partial charge in [0.2, 0.25) is 5.91 Å². The van der Waals surface area contributed by atoms with Gasteiger partial charge in [-0.15, -0.1) is 0 Å². The molecule has 0 bridgehead atoms. The smallest absolute Gasteiger partial charge is 0.237 e. The fourth-order valence-electron chi connectivity index (χ4n) is 2.86. The van der Waals surface area contributed by atoms with Crippen LogP contribution in [0.15, 0.2) is 11.6 Å². The van der Waals surface area contributed by atoms with E-state index in [1.165, 1.54) is 31.3 Å². The van der Waals surface area contributed by atoms with Crippen molar-refractivity contribution in [3.63, 3.8) is 0 Å². The van der Waals surface area contributed by atoms with Gasteiger partial charge in [-0.05, 0) is 39.0 Å². The van der Waals surface area contributed by atoms with E-state index in [1.54, 1.807) is 0 Å². The van der Waals surface area contributed by atoms with Gasteiger partial charge >= 0.3 is 0 Å². The van der Waals surface area contributed by atoms with E-state index in [4.69, 9.17) is 0 Å². The zero-order valence-corrected chi connectivity index (χ0v) is 12.1. The minimum Gasteiger partial charge on any atom is -0.354 e. The monoisotopic (exact) mass is 265 g/mol. The Morgan fingerprint density at radius 2 is 2.21 bits per heavy atom. The van der Waals surface area contributed by atoms with Crippen molar-refractivity contribution in [2.75, 3.05) is 32.7 Å². The number of carbonyl (C=O) groups is 1. The molecule has 1 amide bonds. The van der Waals surface area contributed by atoms with Crippen LogP contribution >= 0.6 is 0 Å². The second kappa shape index (κ2) is 7.65. The van der Waals surface area contributed by atoms with Crippen LogP contribution in [0.1, 0.15) is 39.0 Å². The quantitative estimate of drug-likeness (QED) is 0.736.